The number of ether oxygens (including phenoxy) is 1. The molecule has 0 atom stereocenters. The number of hydrogen-bond donors (Lipinski definition) is 1. The zero-order valence-electron chi connectivity index (χ0n) is 9.43. The number of rotatable bonds is 2. The third-order valence-electron chi connectivity index (χ3n) is 2.32. The van der Waals surface area contributed by atoms with Gasteiger partial charge in [0.2, 0.25) is 0 Å². The minimum atomic E-state index is -4.40. The highest BCUT2D eigenvalue weighted by atomic mass is 19.4. The lowest BCUT2D eigenvalue weighted by Crippen LogP contribution is -2.08. The number of halogens is 3. The molecule has 1 aromatic heterocycles. The molecule has 0 fully saturated rings. The molecule has 17 heavy (non-hydrogen) atoms. The third-order valence-corrected chi connectivity index (χ3v) is 2.32. The van der Waals surface area contributed by atoms with E-state index in [1.807, 2.05) is 0 Å². The van der Waals surface area contributed by atoms with Gasteiger partial charge >= 0.3 is 6.18 Å². The van der Waals surface area contributed by atoms with Gasteiger partial charge in [-0.1, -0.05) is 18.2 Å². The molecule has 1 heterocycles. The van der Waals surface area contributed by atoms with Crippen molar-refractivity contribution in [3.05, 3.63) is 30.0 Å². The zero-order chi connectivity index (χ0) is 12.6. The van der Waals surface area contributed by atoms with E-state index in [9.17, 15) is 13.2 Å². The van der Waals surface area contributed by atoms with E-state index in [-0.39, 0.29) is 17.4 Å². The summed E-state index contributed by atoms with van der Waals surface area (Å²) < 4.78 is 43.7. The Balaban J connectivity index is 2.63. The number of fused-ring (bicyclic) bond motifs is 1. The summed E-state index contributed by atoms with van der Waals surface area (Å²) >= 11 is 0. The number of alkyl halides is 3. The summed E-state index contributed by atoms with van der Waals surface area (Å²) in [5.41, 5.74) is -0.760. The molecule has 0 spiro atoms. The van der Waals surface area contributed by atoms with Crippen molar-refractivity contribution in [1.82, 2.24) is 4.98 Å². The molecule has 0 aliphatic heterocycles. The summed E-state index contributed by atoms with van der Waals surface area (Å²) in [5, 5.41) is 0.587. The average Bonchev–Trinajstić information content (AvgIpc) is 2.56. The maximum Gasteiger partial charge on any atom is 0.431 e. The standard InChI is InChI=1S/C12H12F3NO/c1-7(2)17-11-9-6-4-3-5-8(9)10(16-11)12(13,14)15/h3-7,16H,1-2H3. The number of nitrogens with one attached hydrogen (secondary N) is 1. The fraction of sp³-hybridized carbons (Fsp3) is 0.333. The Morgan fingerprint density at radius 1 is 1.12 bits per heavy atom. The second-order valence-corrected chi connectivity index (χ2v) is 4.04. The molecule has 2 nitrogen and oxygen atoms in total. The van der Waals surface area contributed by atoms with Gasteiger partial charge in [0.1, 0.15) is 5.69 Å². The number of benzene rings is 1. The molecule has 0 saturated carbocycles. The minimum Gasteiger partial charge on any atom is -0.476 e. The Hall–Kier alpha value is -1.65. The number of hydrogen-bond acceptors (Lipinski definition) is 1. The lowest BCUT2D eigenvalue weighted by atomic mass is 10.2. The highest BCUT2D eigenvalue weighted by Crippen LogP contribution is 2.38. The maximum atomic E-state index is 12.8. The first kappa shape index (κ1) is 11.8. The second kappa shape index (κ2) is 3.98. The van der Waals surface area contributed by atoms with E-state index in [0.717, 1.165) is 0 Å². The van der Waals surface area contributed by atoms with E-state index >= 15 is 0 Å². The van der Waals surface area contributed by atoms with Crippen molar-refractivity contribution >= 4 is 10.8 Å². The summed E-state index contributed by atoms with van der Waals surface area (Å²) in [5.74, 6) is 0.169. The molecule has 5 heteroatoms. The molecular weight excluding hydrogens is 231 g/mol. The van der Waals surface area contributed by atoms with Gasteiger partial charge in [-0.3, -0.25) is 0 Å². The van der Waals surface area contributed by atoms with Gasteiger partial charge in [-0.05, 0) is 19.9 Å². The summed E-state index contributed by atoms with van der Waals surface area (Å²) in [6.45, 7) is 3.53. The number of aromatic nitrogens is 1. The molecule has 0 saturated heterocycles. The predicted molar refractivity (Wildman–Crippen MR) is 59.1 cm³/mol. The van der Waals surface area contributed by atoms with Gasteiger partial charge in [-0.15, -0.1) is 0 Å². The van der Waals surface area contributed by atoms with Crippen LogP contribution in [0.1, 0.15) is 19.5 Å². The number of aromatic amines is 1. The normalized spacial score (nSPS) is 12.4. The van der Waals surface area contributed by atoms with Gasteiger partial charge in [0.05, 0.1) is 6.10 Å². The summed E-state index contributed by atoms with van der Waals surface area (Å²) in [4.78, 5) is 2.31. The highest BCUT2D eigenvalue weighted by molar-refractivity contribution is 5.90. The fourth-order valence-corrected chi connectivity index (χ4v) is 1.70. The first-order valence-electron chi connectivity index (χ1n) is 5.24. The van der Waals surface area contributed by atoms with Crippen LogP contribution in [0.4, 0.5) is 13.2 Å². The molecule has 2 rings (SSSR count). The first-order chi connectivity index (χ1) is 7.89. The largest absolute Gasteiger partial charge is 0.476 e. The van der Waals surface area contributed by atoms with Crippen LogP contribution in [-0.2, 0) is 6.18 Å². The average molecular weight is 243 g/mol. The fourth-order valence-electron chi connectivity index (χ4n) is 1.70. The van der Waals surface area contributed by atoms with Crippen molar-refractivity contribution in [3.63, 3.8) is 0 Å². The van der Waals surface area contributed by atoms with Crippen molar-refractivity contribution in [1.29, 1.82) is 0 Å². The Labute approximate surface area is 96.4 Å². The van der Waals surface area contributed by atoms with E-state index < -0.39 is 11.9 Å². The van der Waals surface area contributed by atoms with Crippen LogP contribution in [0.3, 0.4) is 0 Å². The molecule has 92 valence electrons. The molecule has 2 aromatic rings. The van der Waals surface area contributed by atoms with Gasteiger partial charge in [-0.25, -0.2) is 0 Å². The highest BCUT2D eigenvalue weighted by Gasteiger charge is 2.35. The minimum absolute atomic E-state index is 0.135. The van der Waals surface area contributed by atoms with Crippen molar-refractivity contribution in [3.8, 4) is 5.88 Å². The zero-order valence-corrected chi connectivity index (χ0v) is 9.43. The molecule has 0 radical (unpaired) electrons. The summed E-state index contributed by atoms with van der Waals surface area (Å²) in [7, 11) is 0. The van der Waals surface area contributed by atoms with Gasteiger partial charge in [0, 0.05) is 10.8 Å². The maximum absolute atomic E-state index is 12.8. The van der Waals surface area contributed by atoms with E-state index in [4.69, 9.17) is 4.74 Å². The Morgan fingerprint density at radius 2 is 1.71 bits per heavy atom. The predicted octanol–water partition coefficient (Wildman–Crippen LogP) is 3.97. The molecule has 1 aromatic carbocycles. The summed E-state index contributed by atoms with van der Waals surface area (Å²) in [6, 6.07) is 6.30. The monoisotopic (exact) mass is 243 g/mol. The van der Waals surface area contributed by atoms with E-state index in [0.29, 0.717) is 5.39 Å². The van der Waals surface area contributed by atoms with Gasteiger partial charge in [-0.2, -0.15) is 13.2 Å². The van der Waals surface area contributed by atoms with E-state index in [2.05, 4.69) is 4.98 Å². The van der Waals surface area contributed by atoms with E-state index in [1.165, 1.54) is 6.07 Å². The van der Waals surface area contributed by atoms with Crippen molar-refractivity contribution in [2.45, 2.75) is 26.1 Å². The van der Waals surface area contributed by atoms with Gasteiger partial charge in [0.25, 0.3) is 0 Å². The van der Waals surface area contributed by atoms with Crippen LogP contribution < -0.4 is 4.74 Å². The SMILES string of the molecule is CC(C)Oc1[nH]c(C(F)(F)F)c2ccccc12. The molecule has 0 aliphatic rings. The third kappa shape index (κ3) is 2.23. The molecule has 1 N–H and O–H groups in total. The summed E-state index contributed by atoms with van der Waals surface area (Å²) in [6.07, 6.45) is -4.59. The van der Waals surface area contributed by atoms with Crippen LogP contribution in [0.15, 0.2) is 24.3 Å². The van der Waals surface area contributed by atoms with Crippen LogP contribution in [0.25, 0.3) is 10.8 Å². The molecule has 0 amide bonds. The van der Waals surface area contributed by atoms with Gasteiger partial charge < -0.3 is 9.72 Å². The topological polar surface area (TPSA) is 25.0 Å². The Bertz CT molecular complexity index is 528. The lowest BCUT2D eigenvalue weighted by Gasteiger charge is -2.07. The number of H-pyrrole nitrogens is 1. The quantitative estimate of drug-likeness (QED) is 0.848. The van der Waals surface area contributed by atoms with Crippen LogP contribution in [-0.4, -0.2) is 11.1 Å². The van der Waals surface area contributed by atoms with Crippen LogP contribution in [0.5, 0.6) is 5.88 Å². The molecule has 0 unspecified atom stereocenters. The smallest absolute Gasteiger partial charge is 0.431 e. The lowest BCUT2D eigenvalue weighted by molar-refractivity contribution is -0.139. The van der Waals surface area contributed by atoms with Crippen molar-refractivity contribution in [2.75, 3.05) is 0 Å². The van der Waals surface area contributed by atoms with Crippen LogP contribution in [0, 0.1) is 0 Å². The van der Waals surface area contributed by atoms with Crippen LogP contribution >= 0.6 is 0 Å². The van der Waals surface area contributed by atoms with E-state index in [1.54, 1.807) is 32.0 Å². The molecule has 0 bridgehead atoms. The Kier molecular flexibility index (Phi) is 2.77. The van der Waals surface area contributed by atoms with Crippen LogP contribution in [0.2, 0.25) is 0 Å². The van der Waals surface area contributed by atoms with Crippen molar-refractivity contribution < 1.29 is 17.9 Å². The Morgan fingerprint density at radius 3 is 2.24 bits per heavy atom. The first-order valence-corrected chi connectivity index (χ1v) is 5.24. The second-order valence-electron chi connectivity index (χ2n) is 4.04. The van der Waals surface area contributed by atoms with Gasteiger partial charge in [0.15, 0.2) is 5.88 Å². The van der Waals surface area contributed by atoms with Crippen molar-refractivity contribution in [2.24, 2.45) is 0 Å². The molecule has 0 aliphatic carbocycles. The molecular formula is C12H12F3NO.